The van der Waals surface area contributed by atoms with Gasteiger partial charge < -0.3 is 4.74 Å². The molecule has 0 aliphatic rings. The van der Waals surface area contributed by atoms with Gasteiger partial charge in [0.2, 0.25) is 0 Å². The lowest BCUT2D eigenvalue weighted by Crippen LogP contribution is -2.35. The Morgan fingerprint density at radius 3 is 1.75 bits per heavy atom. The molecule has 0 aliphatic carbocycles. The van der Waals surface area contributed by atoms with Crippen LogP contribution in [0.2, 0.25) is 0 Å². The van der Waals surface area contributed by atoms with Crippen LogP contribution < -0.4 is 0 Å². The Bertz CT molecular complexity index is 998. The molecule has 4 heteroatoms. The number of fused-ring (bicyclic) bond motifs is 2. The Hall–Kier alpha value is -2.82. The zero-order chi connectivity index (χ0) is 19.3. The van der Waals surface area contributed by atoms with Gasteiger partial charge in [0.25, 0.3) is 0 Å². The molecule has 0 saturated heterocycles. The summed E-state index contributed by atoms with van der Waals surface area (Å²) in [6.45, 7) is 4.36. The first-order chi connectivity index (χ1) is 13.7. The van der Waals surface area contributed by atoms with Gasteiger partial charge >= 0.3 is 0 Å². The molecular formula is C24H25N3O. The maximum absolute atomic E-state index is 5.42. The summed E-state index contributed by atoms with van der Waals surface area (Å²) in [5, 5.41) is 2.33. The van der Waals surface area contributed by atoms with Crippen molar-refractivity contribution in [3.8, 4) is 0 Å². The van der Waals surface area contributed by atoms with Crippen molar-refractivity contribution in [2.24, 2.45) is 0 Å². The number of methoxy groups -OCH3 is 1. The zero-order valence-electron chi connectivity index (χ0n) is 16.4. The highest BCUT2D eigenvalue weighted by Gasteiger charge is 2.16. The first kappa shape index (κ1) is 18.5. The van der Waals surface area contributed by atoms with Gasteiger partial charge in [-0.25, -0.2) is 0 Å². The standard InChI is InChI=1S/C24H25N3O/c1-18(17-28-2)27(15-21-13-11-19-7-3-5-9-23(19)25-21)16-22-14-12-20-8-4-6-10-24(20)26-22/h3-14,18H,15-17H2,1-2H3/t18-/m0/s1. The SMILES string of the molecule is COC[C@H](C)N(Cc1ccc2ccccc2n1)Cc1ccc2ccccc2n1. The van der Waals surface area contributed by atoms with Gasteiger partial charge in [-0.05, 0) is 31.2 Å². The average molecular weight is 371 g/mol. The Balaban J connectivity index is 1.59. The van der Waals surface area contributed by atoms with E-state index in [1.807, 2.05) is 24.3 Å². The van der Waals surface area contributed by atoms with E-state index < -0.39 is 0 Å². The van der Waals surface area contributed by atoms with E-state index in [4.69, 9.17) is 14.7 Å². The molecule has 4 nitrogen and oxygen atoms in total. The van der Waals surface area contributed by atoms with Crippen molar-refractivity contribution in [1.29, 1.82) is 0 Å². The van der Waals surface area contributed by atoms with Crippen LogP contribution in [0.3, 0.4) is 0 Å². The van der Waals surface area contributed by atoms with Gasteiger partial charge in [-0.3, -0.25) is 14.9 Å². The number of nitrogens with zero attached hydrogens (tertiary/aromatic N) is 3. The molecule has 0 unspecified atom stereocenters. The number of hydrogen-bond donors (Lipinski definition) is 0. The number of aromatic nitrogens is 2. The van der Waals surface area contributed by atoms with E-state index in [-0.39, 0.29) is 6.04 Å². The van der Waals surface area contributed by atoms with Crippen molar-refractivity contribution in [3.05, 3.63) is 84.2 Å². The highest BCUT2D eigenvalue weighted by atomic mass is 16.5. The van der Waals surface area contributed by atoms with Gasteiger partial charge in [-0.15, -0.1) is 0 Å². The Morgan fingerprint density at radius 2 is 1.25 bits per heavy atom. The van der Waals surface area contributed by atoms with E-state index in [1.165, 1.54) is 10.8 Å². The summed E-state index contributed by atoms with van der Waals surface area (Å²) < 4.78 is 5.42. The zero-order valence-corrected chi connectivity index (χ0v) is 16.4. The van der Waals surface area contributed by atoms with Crippen molar-refractivity contribution in [2.45, 2.75) is 26.1 Å². The maximum Gasteiger partial charge on any atom is 0.0705 e. The molecule has 4 aromatic rings. The number of para-hydroxylation sites is 2. The van der Waals surface area contributed by atoms with E-state index in [0.717, 1.165) is 35.5 Å². The lowest BCUT2D eigenvalue weighted by atomic mass is 10.1. The molecule has 0 aliphatic heterocycles. The number of benzene rings is 2. The van der Waals surface area contributed by atoms with E-state index in [2.05, 4.69) is 60.4 Å². The summed E-state index contributed by atoms with van der Waals surface area (Å²) in [6.07, 6.45) is 0. The third kappa shape index (κ3) is 4.19. The van der Waals surface area contributed by atoms with Crippen LogP contribution >= 0.6 is 0 Å². The normalized spacial score (nSPS) is 12.7. The van der Waals surface area contributed by atoms with Gasteiger partial charge in [0.15, 0.2) is 0 Å². The molecule has 0 bridgehead atoms. The predicted molar refractivity (Wildman–Crippen MR) is 114 cm³/mol. The second kappa shape index (κ2) is 8.46. The molecule has 0 saturated carbocycles. The summed E-state index contributed by atoms with van der Waals surface area (Å²) >= 11 is 0. The van der Waals surface area contributed by atoms with Crippen LogP contribution in [0.1, 0.15) is 18.3 Å². The number of rotatable bonds is 7. The Morgan fingerprint density at radius 1 is 0.750 bits per heavy atom. The van der Waals surface area contributed by atoms with Crippen molar-refractivity contribution >= 4 is 21.8 Å². The van der Waals surface area contributed by atoms with Crippen LogP contribution in [-0.2, 0) is 17.8 Å². The molecule has 142 valence electrons. The van der Waals surface area contributed by atoms with Crippen LogP contribution in [0.15, 0.2) is 72.8 Å². The van der Waals surface area contributed by atoms with Gasteiger partial charge in [0.05, 0.1) is 29.0 Å². The summed E-state index contributed by atoms with van der Waals surface area (Å²) in [5.74, 6) is 0. The third-order valence-electron chi connectivity index (χ3n) is 5.07. The van der Waals surface area contributed by atoms with E-state index >= 15 is 0 Å². The predicted octanol–water partition coefficient (Wildman–Crippen LogP) is 4.82. The smallest absolute Gasteiger partial charge is 0.0705 e. The highest BCUT2D eigenvalue weighted by Crippen LogP contribution is 2.18. The number of pyridine rings is 2. The molecule has 28 heavy (non-hydrogen) atoms. The number of hydrogen-bond acceptors (Lipinski definition) is 4. The molecule has 0 fully saturated rings. The van der Waals surface area contributed by atoms with Gasteiger partial charge in [-0.1, -0.05) is 48.5 Å². The molecule has 2 heterocycles. The lowest BCUT2D eigenvalue weighted by Gasteiger charge is -2.28. The lowest BCUT2D eigenvalue weighted by molar-refractivity contribution is 0.0879. The summed E-state index contributed by atoms with van der Waals surface area (Å²) in [6, 6.07) is 25.2. The monoisotopic (exact) mass is 371 g/mol. The third-order valence-corrected chi connectivity index (χ3v) is 5.07. The van der Waals surface area contributed by atoms with Crippen LogP contribution in [0.4, 0.5) is 0 Å². The Labute approximate surface area is 165 Å². The van der Waals surface area contributed by atoms with E-state index in [1.54, 1.807) is 7.11 Å². The van der Waals surface area contributed by atoms with Crippen LogP contribution in [0.5, 0.6) is 0 Å². The molecule has 0 spiro atoms. The first-order valence-corrected chi connectivity index (χ1v) is 9.65. The molecule has 2 aromatic heterocycles. The Kier molecular flexibility index (Phi) is 5.60. The minimum atomic E-state index is 0.256. The molecule has 0 radical (unpaired) electrons. The second-order valence-electron chi connectivity index (χ2n) is 7.20. The van der Waals surface area contributed by atoms with Crippen molar-refractivity contribution in [2.75, 3.05) is 13.7 Å². The highest BCUT2D eigenvalue weighted by molar-refractivity contribution is 5.79. The van der Waals surface area contributed by atoms with E-state index in [9.17, 15) is 0 Å². The van der Waals surface area contributed by atoms with Crippen LogP contribution in [0.25, 0.3) is 21.8 Å². The molecule has 1 atom stereocenters. The first-order valence-electron chi connectivity index (χ1n) is 9.65. The van der Waals surface area contributed by atoms with Crippen LogP contribution in [-0.4, -0.2) is 34.6 Å². The fourth-order valence-electron chi connectivity index (χ4n) is 3.52. The fourth-order valence-corrected chi connectivity index (χ4v) is 3.52. The van der Waals surface area contributed by atoms with Crippen molar-refractivity contribution in [1.82, 2.24) is 14.9 Å². The second-order valence-corrected chi connectivity index (χ2v) is 7.20. The van der Waals surface area contributed by atoms with Crippen molar-refractivity contribution < 1.29 is 4.74 Å². The number of ether oxygens (including phenoxy) is 1. The van der Waals surface area contributed by atoms with Gasteiger partial charge in [0.1, 0.15) is 0 Å². The summed E-state index contributed by atoms with van der Waals surface area (Å²) in [7, 11) is 1.75. The molecular weight excluding hydrogens is 346 g/mol. The fraction of sp³-hybridized carbons (Fsp3) is 0.250. The molecule has 0 amide bonds. The molecule has 2 aromatic carbocycles. The quantitative estimate of drug-likeness (QED) is 0.467. The minimum Gasteiger partial charge on any atom is -0.383 e. The van der Waals surface area contributed by atoms with Crippen LogP contribution in [0, 0.1) is 0 Å². The minimum absolute atomic E-state index is 0.256. The van der Waals surface area contributed by atoms with E-state index in [0.29, 0.717) is 6.61 Å². The largest absolute Gasteiger partial charge is 0.383 e. The summed E-state index contributed by atoms with van der Waals surface area (Å²) in [5.41, 5.74) is 4.18. The maximum atomic E-state index is 5.42. The molecule has 0 N–H and O–H groups in total. The molecule has 4 rings (SSSR count). The van der Waals surface area contributed by atoms with Gasteiger partial charge in [0, 0.05) is 37.0 Å². The summed E-state index contributed by atoms with van der Waals surface area (Å²) in [4.78, 5) is 12.1. The topological polar surface area (TPSA) is 38.2 Å². The van der Waals surface area contributed by atoms with Crippen molar-refractivity contribution in [3.63, 3.8) is 0 Å². The average Bonchev–Trinajstić information content (AvgIpc) is 2.73. The van der Waals surface area contributed by atoms with Gasteiger partial charge in [-0.2, -0.15) is 0 Å².